The number of piperazine rings is 1. The zero-order chi connectivity index (χ0) is 14.9. The maximum absolute atomic E-state index is 6.11. The molecule has 2 bridgehead atoms. The minimum Gasteiger partial charge on any atom is -0.311 e. The first kappa shape index (κ1) is 14.2. The minimum absolute atomic E-state index is 0.434. The van der Waals surface area contributed by atoms with Crippen molar-refractivity contribution in [3.05, 3.63) is 53.3 Å². The van der Waals surface area contributed by atoms with E-state index in [0.717, 1.165) is 29.2 Å². The number of fused-ring (bicyclic) bond motifs is 2. The van der Waals surface area contributed by atoms with Gasteiger partial charge in [-0.25, -0.2) is 0 Å². The van der Waals surface area contributed by atoms with Crippen LogP contribution in [0.2, 0.25) is 5.02 Å². The SMILES string of the molecule is Clc1cccc(-c2cncc(C3CNC4CCCN3C4)c2)c1. The molecule has 1 aromatic carbocycles. The zero-order valence-corrected chi connectivity index (χ0v) is 13.3. The molecule has 2 fully saturated rings. The normalized spacial score (nSPS) is 27.6. The van der Waals surface area contributed by atoms with Gasteiger partial charge in [-0.2, -0.15) is 0 Å². The number of pyridine rings is 1. The molecule has 2 aliphatic heterocycles. The third-order valence-electron chi connectivity index (χ3n) is 4.80. The lowest BCUT2D eigenvalue weighted by atomic mass is 9.94. The maximum atomic E-state index is 6.11. The second kappa shape index (κ2) is 5.99. The Labute approximate surface area is 136 Å². The predicted octanol–water partition coefficient (Wildman–Crippen LogP) is 3.51. The Bertz CT molecular complexity index is 673. The summed E-state index contributed by atoms with van der Waals surface area (Å²) in [6.45, 7) is 3.38. The number of benzene rings is 1. The van der Waals surface area contributed by atoms with Gasteiger partial charge in [0.1, 0.15) is 0 Å². The monoisotopic (exact) mass is 313 g/mol. The molecule has 22 heavy (non-hydrogen) atoms. The predicted molar refractivity (Wildman–Crippen MR) is 90.0 cm³/mol. The largest absolute Gasteiger partial charge is 0.311 e. The van der Waals surface area contributed by atoms with E-state index < -0.39 is 0 Å². The van der Waals surface area contributed by atoms with E-state index in [4.69, 9.17) is 11.6 Å². The van der Waals surface area contributed by atoms with E-state index in [1.807, 2.05) is 30.6 Å². The van der Waals surface area contributed by atoms with Gasteiger partial charge in [0.25, 0.3) is 0 Å². The molecule has 4 heteroatoms. The van der Waals surface area contributed by atoms with Gasteiger partial charge in [0.05, 0.1) is 0 Å². The number of aromatic nitrogens is 1. The second-order valence-corrected chi connectivity index (χ2v) is 6.71. The average molecular weight is 314 g/mol. The molecule has 3 atom stereocenters. The lowest BCUT2D eigenvalue weighted by Gasteiger charge is -2.44. The maximum Gasteiger partial charge on any atom is 0.0488 e. The van der Waals surface area contributed by atoms with Crippen LogP contribution in [0.5, 0.6) is 0 Å². The van der Waals surface area contributed by atoms with E-state index in [-0.39, 0.29) is 0 Å². The first-order valence-electron chi connectivity index (χ1n) is 7.98. The van der Waals surface area contributed by atoms with Crippen LogP contribution in [0.15, 0.2) is 42.7 Å². The highest BCUT2D eigenvalue weighted by Gasteiger charge is 2.31. The Morgan fingerprint density at radius 2 is 2.14 bits per heavy atom. The molecule has 3 unspecified atom stereocenters. The number of nitrogens with zero attached hydrogens (tertiary/aromatic N) is 2. The fourth-order valence-electron chi connectivity index (χ4n) is 3.66. The van der Waals surface area contributed by atoms with Crippen molar-refractivity contribution in [1.82, 2.24) is 15.2 Å². The van der Waals surface area contributed by atoms with E-state index in [2.05, 4.69) is 27.3 Å². The summed E-state index contributed by atoms with van der Waals surface area (Å²) in [4.78, 5) is 7.07. The van der Waals surface area contributed by atoms with Crippen LogP contribution in [0.3, 0.4) is 0 Å². The lowest BCUT2D eigenvalue weighted by molar-refractivity contribution is 0.0921. The molecule has 0 radical (unpaired) electrons. The van der Waals surface area contributed by atoms with E-state index in [9.17, 15) is 0 Å². The van der Waals surface area contributed by atoms with Crippen molar-refractivity contribution >= 4 is 11.6 Å². The van der Waals surface area contributed by atoms with Gasteiger partial charge < -0.3 is 5.32 Å². The fraction of sp³-hybridized carbons (Fsp3) is 0.389. The van der Waals surface area contributed by atoms with E-state index in [1.165, 1.54) is 24.9 Å². The Kier molecular flexibility index (Phi) is 3.87. The van der Waals surface area contributed by atoms with Crippen molar-refractivity contribution in [2.45, 2.75) is 24.9 Å². The Morgan fingerprint density at radius 1 is 1.18 bits per heavy atom. The molecule has 0 amide bonds. The molecule has 0 saturated carbocycles. The molecule has 4 rings (SSSR count). The van der Waals surface area contributed by atoms with Gasteiger partial charge in [0, 0.05) is 48.2 Å². The summed E-state index contributed by atoms with van der Waals surface area (Å²) in [6, 6.07) is 11.3. The van der Waals surface area contributed by atoms with Crippen molar-refractivity contribution in [2.75, 3.05) is 19.6 Å². The van der Waals surface area contributed by atoms with Crippen molar-refractivity contribution < 1.29 is 0 Å². The van der Waals surface area contributed by atoms with Crippen LogP contribution in [0.4, 0.5) is 0 Å². The summed E-state index contributed by atoms with van der Waals surface area (Å²) in [5.74, 6) is 0. The van der Waals surface area contributed by atoms with E-state index in [0.29, 0.717) is 12.1 Å². The summed E-state index contributed by atoms with van der Waals surface area (Å²) in [5, 5.41) is 4.44. The quantitative estimate of drug-likeness (QED) is 0.919. The molecule has 3 nitrogen and oxygen atoms in total. The molecule has 114 valence electrons. The van der Waals surface area contributed by atoms with Crippen LogP contribution in [0, 0.1) is 0 Å². The number of hydrogen-bond donors (Lipinski definition) is 1. The molecule has 0 aliphatic carbocycles. The van der Waals surface area contributed by atoms with Crippen LogP contribution in [0.1, 0.15) is 24.4 Å². The van der Waals surface area contributed by atoms with E-state index >= 15 is 0 Å². The van der Waals surface area contributed by atoms with Gasteiger partial charge in [0.15, 0.2) is 0 Å². The highest BCUT2D eigenvalue weighted by atomic mass is 35.5. The number of piperidine rings is 1. The summed E-state index contributed by atoms with van der Waals surface area (Å²) in [5.41, 5.74) is 3.56. The summed E-state index contributed by atoms with van der Waals surface area (Å²) in [7, 11) is 0. The smallest absolute Gasteiger partial charge is 0.0488 e. The summed E-state index contributed by atoms with van der Waals surface area (Å²) in [6.07, 6.45) is 6.53. The van der Waals surface area contributed by atoms with Crippen LogP contribution in [0.25, 0.3) is 11.1 Å². The highest BCUT2D eigenvalue weighted by molar-refractivity contribution is 6.30. The fourth-order valence-corrected chi connectivity index (χ4v) is 3.85. The third-order valence-corrected chi connectivity index (χ3v) is 5.03. The average Bonchev–Trinajstić information content (AvgIpc) is 2.55. The molecule has 2 aliphatic rings. The third kappa shape index (κ3) is 2.76. The molecule has 1 aromatic heterocycles. The lowest BCUT2D eigenvalue weighted by Crippen LogP contribution is -2.55. The number of halogens is 1. The van der Waals surface area contributed by atoms with Crippen LogP contribution < -0.4 is 5.32 Å². The van der Waals surface area contributed by atoms with Crippen LogP contribution in [-0.4, -0.2) is 35.6 Å². The molecular weight excluding hydrogens is 294 g/mol. The highest BCUT2D eigenvalue weighted by Crippen LogP contribution is 2.30. The molecular formula is C18H20ClN3. The van der Waals surface area contributed by atoms with Crippen molar-refractivity contribution in [3.63, 3.8) is 0 Å². The van der Waals surface area contributed by atoms with Gasteiger partial charge in [0.2, 0.25) is 0 Å². The number of hydrogen-bond acceptors (Lipinski definition) is 3. The topological polar surface area (TPSA) is 28.2 Å². The van der Waals surface area contributed by atoms with Crippen molar-refractivity contribution in [2.24, 2.45) is 0 Å². The first-order chi connectivity index (χ1) is 10.8. The van der Waals surface area contributed by atoms with Gasteiger partial charge in [-0.3, -0.25) is 9.88 Å². The Morgan fingerprint density at radius 3 is 3.05 bits per heavy atom. The standard InChI is InChI=1S/C18H20ClN3/c19-16-4-1-3-13(8-16)14-7-15(10-20-9-14)18-11-21-17-5-2-6-22(18)12-17/h1,3-4,7-10,17-18,21H,2,5-6,11-12H2. The first-order valence-corrected chi connectivity index (χ1v) is 8.36. The molecule has 3 heterocycles. The van der Waals surface area contributed by atoms with Gasteiger partial charge in [-0.05, 0) is 48.7 Å². The van der Waals surface area contributed by atoms with E-state index in [1.54, 1.807) is 0 Å². The van der Waals surface area contributed by atoms with Crippen molar-refractivity contribution in [3.8, 4) is 11.1 Å². The van der Waals surface area contributed by atoms with Crippen molar-refractivity contribution in [1.29, 1.82) is 0 Å². The Hall–Kier alpha value is -1.42. The molecule has 0 spiro atoms. The molecule has 1 N–H and O–H groups in total. The second-order valence-electron chi connectivity index (χ2n) is 6.28. The van der Waals surface area contributed by atoms with Crippen LogP contribution in [-0.2, 0) is 0 Å². The number of nitrogens with one attached hydrogen (secondary N) is 1. The van der Waals surface area contributed by atoms with Gasteiger partial charge >= 0.3 is 0 Å². The number of rotatable bonds is 2. The Balaban J connectivity index is 1.64. The minimum atomic E-state index is 0.434. The van der Waals surface area contributed by atoms with Crippen LogP contribution >= 0.6 is 11.6 Å². The molecule has 2 aromatic rings. The summed E-state index contributed by atoms with van der Waals surface area (Å²) < 4.78 is 0. The zero-order valence-electron chi connectivity index (χ0n) is 12.5. The summed E-state index contributed by atoms with van der Waals surface area (Å²) >= 11 is 6.11. The molecule has 2 saturated heterocycles. The van der Waals surface area contributed by atoms with Gasteiger partial charge in [-0.1, -0.05) is 23.7 Å². The van der Waals surface area contributed by atoms with Gasteiger partial charge in [-0.15, -0.1) is 0 Å².